The summed E-state index contributed by atoms with van der Waals surface area (Å²) >= 11 is 12.0. The molecule has 1 fully saturated rings. The zero-order chi connectivity index (χ0) is 23.8. The normalized spacial score (nSPS) is 17.9. The lowest BCUT2D eigenvalue weighted by Gasteiger charge is -2.29. The fraction of sp³-hybridized carbons (Fsp3) is 0.185. The van der Waals surface area contributed by atoms with Gasteiger partial charge in [0, 0.05) is 29.5 Å². The lowest BCUT2D eigenvalue weighted by Crippen LogP contribution is -2.30. The molecule has 4 nitrogen and oxygen atoms in total. The zero-order valence-corrected chi connectivity index (χ0v) is 20.4. The Morgan fingerprint density at radius 3 is 2.44 bits per heavy atom. The van der Waals surface area contributed by atoms with E-state index in [9.17, 15) is 4.39 Å². The van der Waals surface area contributed by atoms with Crippen LogP contribution in [0.1, 0.15) is 48.8 Å². The standard InChI is InChI=1S/C27H24ClFN4S/c1-17(2)18-8-10-19(11-9-18)33-26(25(31-27(33)34)23-6-3-4-14-30-23)24-7-5-15-32(24)20-12-13-22(29)21(28)16-20/h3-17,25-26H,1-2H3,(H,31,34). The monoisotopic (exact) mass is 490 g/mol. The number of anilines is 1. The Kier molecular flexibility index (Phi) is 6.11. The van der Waals surface area contributed by atoms with Crippen LogP contribution in [0.15, 0.2) is 85.2 Å². The van der Waals surface area contributed by atoms with E-state index in [1.54, 1.807) is 18.3 Å². The Morgan fingerprint density at radius 2 is 1.76 bits per heavy atom. The average Bonchev–Trinajstić information content (AvgIpc) is 3.45. The molecule has 0 aliphatic carbocycles. The molecule has 0 spiro atoms. The summed E-state index contributed by atoms with van der Waals surface area (Å²) in [5.41, 5.74) is 4.91. The maximum Gasteiger partial charge on any atom is 0.174 e. The molecule has 2 atom stereocenters. The van der Waals surface area contributed by atoms with Crippen LogP contribution in [-0.2, 0) is 0 Å². The van der Waals surface area contributed by atoms with Crippen LogP contribution in [0.25, 0.3) is 5.69 Å². The molecule has 0 radical (unpaired) electrons. The molecule has 0 amide bonds. The van der Waals surface area contributed by atoms with Gasteiger partial charge in [0.1, 0.15) is 11.9 Å². The molecule has 1 aliphatic rings. The van der Waals surface area contributed by atoms with Crippen molar-refractivity contribution in [3.8, 4) is 5.69 Å². The van der Waals surface area contributed by atoms with Gasteiger partial charge >= 0.3 is 0 Å². The van der Waals surface area contributed by atoms with Gasteiger partial charge in [-0.3, -0.25) is 4.98 Å². The Morgan fingerprint density at radius 1 is 1.00 bits per heavy atom. The maximum absolute atomic E-state index is 13.9. The van der Waals surface area contributed by atoms with Crippen molar-refractivity contribution >= 4 is 34.6 Å². The van der Waals surface area contributed by atoms with E-state index in [2.05, 4.69) is 59.4 Å². The van der Waals surface area contributed by atoms with Gasteiger partial charge in [-0.1, -0.05) is 43.6 Å². The number of rotatable bonds is 5. The van der Waals surface area contributed by atoms with E-state index in [0.717, 1.165) is 22.8 Å². The van der Waals surface area contributed by atoms with E-state index < -0.39 is 5.82 Å². The summed E-state index contributed by atoms with van der Waals surface area (Å²) in [6.45, 7) is 4.36. The molecule has 1 saturated heterocycles. The van der Waals surface area contributed by atoms with Crippen molar-refractivity contribution in [2.24, 2.45) is 0 Å². The van der Waals surface area contributed by atoms with Crippen LogP contribution in [0, 0.1) is 5.82 Å². The van der Waals surface area contributed by atoms with Crippen LogP contribution in [0.5, 0.6) is 0 Å². The van der Waals surface area contributed by atoms with E-state index in [1.165, 1.54) is 11.6 Å². The number of halogens is 2. The molecule has 5 rings (SSSR count). The van der Waals surface area contributed by atoms with Gasteiger partial charge in [0.2, 0.25) is 0 Å². The largest absolute Gasteiger partial charge is 0.351 e. The third kappa shape index (κ3) is 4.08. The van der Waals surface area contributed by atoms with E-state index in [-0.39, 0.29) is 17.1 Å². The maximum atomic E-state index is 13.9. The van der Waals surface area contributed by atoms with Crippen molar-refractivity contribution in [2.75, 3.05) is 4.90 Å². The summed E-state index contributed by atoms with van der Waals surface area (Å²) in [5, 5.41) is 4.20. The van der Waals surface area contributed by atoms with Crippen LogP contribution in [0.2, 0.25) is 5.02 Å². The molecule has 1 N–H and O–H groups in total. The Balaban J connectivity index is 1.64. The fourth-order valence-electron chi connectivity index (χ4n) is 4.46. The number of hydrogen-bond donors (Lipinski definition) is 1. The van der Waals surface area contributed by atoms with Crippen LogP contribution in [0.4, 0.5) is 10.1 Å². The number of pyridine rings is 1. The summed E-state index contributed by atoms with van der Waals surface area (Å²) in [6, 6.07) is 22.8. The quantitative estimate of drug-likeness (QED) is 0.306. The molecule has 0 bridgehead atoms. The van der Waals surface area contributed by atoms with Gasteiger partial charge in [0.05, 0.1) is 16.8 Å². The first kappa shape index (κ1) is 22.6. The third-order valence-corrected chi connectivity index (χ3v) is 6.80. The van der Waals surface area contributed by atoms with Crippen LogP contribution < -0.4 is 10.2 Å². The second kappa shape index (κ2) is 9.20. The summed E-state index contributed by atoms with van der Waals surface area (Å²) < 4.78 is 15.9. The molecule has 2 aromatic carbocycles. The highest BCUT2D eigenvalue weighted by atomic mass is 35.5. The average molecular weight is 491 g/mol. The smallest absolute Gasteiger partial charge is 0.174 e. The van der Waals surface area contributed by atoms with Crippen molar-refractivity contribution in [3.05, 3.63) is 113 Å². The summed E-state index contributed by atoms with van der Waals surface area (Å²) in [6.07, 6.45) is 3.74. The minimum absolute atomic E-state index is 0.0830. The van der Waals surface area contributed by atoms with Crippen LogP contribution in [-0.4, -0.2) is 14.7 Å². The van der Waals surface area contributed by atoms with E-state index in [4.69, 9.17) is 23.8 Å². The van der Waals surface area contributed by atoms with E-state index in [0.29, 0.717) is 11.0 Å². The minimum Gasteiger partial charge on any atom is -0.351 e. The Labute approximate surface area is 209 Å². The van der Waals surface area contributed by atoms with Crippen LogP contribution in [0.3, 0.4) is 0 Å². The molecule has 2 unspecified atom stereocenters. The Bertz CT molecular complexity index is 1320. The van der Waals surface area contributed by atoms with Crippen molar-refractivity contribution in [1.82, 2.24) is 14.9 Å². The minimum atomic E-state index is -0.443. The third-order valence-electron chi connectivity index (χ3n) is 6.20. The molecule has 0 saturated carbocycles. The predicted molar refractivity (Wildman–Crippen MR) is 139 cm³/mol. The number of nitrogens with zero attached hydrogens (tertiary/aromatic N) is 3. The fourth-order valence-corrected chi connectivity index (χ4v) is 4.98. The van der Waals surface area contributed by atoms with Gasteiger partial charge in [0.15, 0.2) is 5.11 Å². The van der Waals surface area contributed by atoms with Crippen molar-refractivity contribution in [3.63, 3.8) is 0 Å². The molecule has 172 valence electrons. The molecule has 1 aliphatic heterocycles. The Hall–Kier alpha value is -3.22. The van der Waals surface area contributed by atoms with Gasteiger partial charge in [0.25, 0.3) is 0 Å². The second-order valence-corrected chi connectivity index (χ2v) is 9.44. The van der Waals surface area contributed by atoms with E-state index in [1.807, 2.05) is 35.0 Å². The number of benzene rings is 2. The SMILES string of the molecule is CC(C)c1ccc(N2C(=S)NC(c3ccccn3)C2c2cccn2-c2ccc(F)c(Cl)c2)cc1. The highest BCUT2D eigenvalue weighted by Gasteiger charge is 2.42. The van der Waals surface area contributed by atoms with Gasteiger partial charge in [-0.15, -0.1) is 0 Å². The first-order chi connectivity index (χ1) is 16.4. The summed E-state index contributed by atoms with van der Waals surface area (Å²) in [5.74, 6) is -0.00344. The van der Waals surface area contributed by atoms with Gasteiger partial charge < -0.3 is 14.8 Å². The van der Waals surface area contributed by atoms with Crippen molar-refractivity contribution < 1.29 is 4.39 Å². The zero-order valence-electron chi connectivity index (χ0n) is 18.8. The first-order valence-electron chi connectivity index (χ1n) is 11.2. The van der Waals surface area contributed by atoms with Crippen LogP contribution >= 0.6 is 23.8 Å². The molecule has 34 heavy (non-hydrogen) atoms. The number of thiocarbonyl (C=S) groups is 1. The number of hydrogen-bond acceptors (Lipinski definition) is 2. The molecule has 3 heterocycles. The highest BCUT2D eigenvalue weighted by Crippen LogP contribution is 2.42. The van der Waals surface area contributed by atoms with Crippen molar-refractivity contribution in [2.45, 2.75) is 31.8 Å². The highest BCUT2D eigenvalue weighted by molar-refractivity contribution is 7.80. The summed E-state index contributed by atoms with van der Waals surface area (Å²) in [7, 11) is 0. The molecule has 7 heteroatoms. The lowest BCUT2D eigenvalue weighted by molar-refractivity contribution is 0.549. The van der Waals surface area contributed by atoms with E-state index >= 15 is 0 Å². The number of aromatic nitrogens is 2. The summed E-state index contributed by atoms with van der Waals surface area (Å²) in [4.78, 5) is 6.75. The molecular formula is C27H24ClFN4S. The first-order valence-corrected chi connectivity index (χ1v) is 12.0. The molecular weight excluding hydrogens is 467 g/mol. The molecule has 4 aromatic rings. The van der Waals surface area contributed by atoms with Gasteiger partial charge in [-0.05, 0) is 78.3 Å². The van der Waals surface area contributed by atoms with Gasteiger partial charge in [-0.25, -0.2) is 4.39 Å². The topological polar surface area (TPSA) is 33.1 Å². The second-order valence-electron chi connectivity index (χ2n) is 8.64. The number of nitrogens with one attached hydrogen (secondary N) is 1. The molecule has 2 aromatic heterocycles. The lowest BCUT2D eigenvalue weighted by atomic mass is 9.99. The van der Waals surface area contributed by atoms with Gasteiger partial charge in [-0.2, -0.15) is 0 Å². The van der Waals surface area contributed by atoms with Crippen molar-refractivity contribution in [1.29, 1.82) is 0 Å². The predicted octanol–water partition coefficient (Wildman–Crippen LogP) is 6.97.